The van der Waals surface area contributed by atoms with E-state index in [1.54, 1.807) is 13.8 Å². The van der Waals surface area contributed by atoms with Gasteiger partial charge in [-0.05, 0) is 44.6 Å². The van der Waals surface area contributed by atoms with E-state index in [9.17, 15) is 29.1 Å². The van der Waals surface area contributed by atoms with Gasteiger partial charge in [-0.15, -0.1) is 0 Å². The quantitative estimate of drug-likeness (QED) is 0.106. The summed E-state index contributed by atoms with van der Waals surface area (Å²) >= 11 is 0. The molecule has 0 spiro atoms. The van der Waals surface area contributed by atoms with Crippen molar-refractivity contribution in [3.63, 3.8) is 0 Å². The normalized spacial score (nSPS) is 14.6. The molecule has 0 aliphatic heterocycles. The number of hydrogen-bond acceptors (Lipinski definition) is 8. The van der Waals surface area contributed by atoms with Gasteiger partial charge >= 0.3 is 11.9 Å². The summed E-state index contributed by atoms with van der Waals surface area (Å²) in [6.45, 7) is 3.27. The fraction of sp³-hybridized carbons (Fsp3) is 0.750. The number of carboxylic acid groups (broad SMARTS) is 2. The molecule has 0 saturated heterocycles. The molecule has 33 heavy (non-hydrogen) atoms. The number of nitrogens with two attached hydrogens (primary N) is 2. The molecule has 0 bridgehead atoms. The highest BCUT2D eigenvalue weighted by atomic mass is 16.4. The summed E-state index contributed by atoms with van der Waals surface area (Å²) in [5, 5.41) is 34.5. The molecule has 0 aromatic heterocycles. The lowest BCUT2D eigenvalue weighted by Crippen LogP contribution is -2.57. The first-order valence-electron chi connectivity index (χ1n) is 10.8. The van der Waals surface area contributed by atoms with Crippen LogP contribution in [0.15, 0.2) is 0 Å². The maximum absolute atomic E-state index is 12.8. The van der Waals surface area contributed by atoms with E-state index in [0.29, 0.717) is 19.4 Å². The number of unbranched alkanes of at least 4 members (excludes halogenated alkanes) is 1. The standard InChI is InChI=1S/C20H37N5O8/c1-11(2)9-15(20(32)33)25-18(30)13(5-3-4-8-21)24-19(31)14(6-7-16(27)28)23-17(29)12(22)10-26/h11-15,26H,3-10,21-22H2,1-2H3,(H,23,29)(H,24,31)(H,25,30)(H,27,28)(H,32,33). The lowest BCUT2D eigenvalue weighted by molar-refractivity contribution is -0.142. The molecule has 0 heterocycles. The number of aliphatic hydroxyl groups excluding tert-OH is 1. The highest BCUT2D eigenvalue weighted by molar-refractivity contribution is 5.94. The van der Waals surface area contributed by atoms with Crippen molar-refractivity contribution in [2.24, 2.45) is 17.4 Å². The van der Waals surface area contributed by atoms with Crippen molar-refractivity contribution in [3.05, 3.63) is 0 Å². The SMILES string of the molecule is CC(C)CC(NC(=O)C(CCCCN)NC(=O)C(CCC(=O)O)NC(=O)C(N)CO)C(=O)O. The number of aliphatic hydroxyl groups is 1. The van der Waals surface area contributed by atoms with Gasteiger partial charge in [-0.3, -0.25) is 19.2 Å². The molecule has 0 aliphatic rings. The van der Waals surface area contributed by atoms with Crippen LogP contribution in [0.25, 0.3) is 0 Å². The van der Waals surface area contributed by atoms with Crippen molar-refractivity contribution < 1.29 is 39.3 Å². The molecule has 4 atom stereocenters. The molecule has 0 saturated carbocycles. The van der Waals surface area contributed by atoms with Crippen molar-refractivity contribution in [1.29, 1.82) is 0 Å². The molecule has 0 fully saturated rings. The van der Waals surface area contributed by atoms with Gasteiger partial charge in [-0.2, -0.15) is 0 Å². The Bertz CT molecular complexity index is 673. The summed E-state index contributed by atoms with van der Waals surface area (Å²) in [6.07, 6.45) is 0.607. The van der Waals surface area contributed by atoms with Gasteiger partial charge in [-0.1, -0.05) is 13.8 Å². The first-order valence-corrected chi connectivity index (χ1v) is 10.8. The fourth-order valence-corrected chi connectivity index (χ4v) is 2.90. The summed E-state index contributed by atoms with van der Waals surface area (Å²) in [7, 11) is 0. The van der Waals surface area contributed by atoms with Crippen LogP contribution in [0.2, 0.25) is 0 Å². The third kappa shape index (κ3) is 12.7. The summed E-state index contributed by atoms with van der Waals surface area (Å²) in [5.74, 6) is -4.85. The van der Waals surface area contributed by atoms with E-state index >= 15 is 0 Å². The Balaban J connectivity index is 5.52. The number of aliphatic carboxylic acids is 2. The van der Waals surface area contributed by atoms with Crippen molar-refractivity contribution in [2.45, 2.75) is 76.5 Å². The first kappa shape index (κ1) is 30.2. The molecular formula is C20H37N5O8. The zero-order chi connectivity index (χ0) is 25.6. The summed E-state index contributed by atoms with van der Waals surface area (Å²) in [6, 6.07) is -4.94. The molecule has 10 N–H and O–H groups in total. The Hall–Kier alpha value is -2.77. The largest absolute Gasteiger partial charge is 0.481 e. The third-order valence-electron chi connectivity index (χ3n) is 4.71. The molecule has 13 heteroatoms. The van der Waals surface area contributed by atoms with Crippen molar-refractivity contribution in [3.8, 4) is 0 Å². The zero-order valence-electron chi connectivity index (χ0n) is 19.1. The smallest absolute Gasteiger partial charge is 0.326 e. The molecule has 3 amide bonds. The van der Waals surface area contributed by atoms with Crippen molar-refractivity contribution in [2.75, 3.05) is 13.2 Å². The van der Waals surface area contributed by atoms with Gasteiger partial charge in [0.25, 0.3) is 0 Å². The minimum absolute atomic E-state index is 0.0111. The van der Waals surface area contributed by atoms with E-state index in [1.165, 1.54) is 0 Å². The summed E-state index contributed by atoms with van der Waals surface area (Å²) in [4.78, 5) is 60.0. The van der Waals surface area contributed by atoms with Crippen molar-refractivity contribution in [1.82, 2.24) is 16.0 Å². The maximum Gasteiger partial charge on any atom is 0.326 e. The molecule has 0 aromatic rings. The number of carboxylic acids is 2. The van der Waals surface area contributed by atoms with Crippen LogP contribution in [0.5, 0.6) is 0 Å². The van der Waals surface area contributed by atoms with E-state index < -0.39 is 66.9 Å². The van der Waals surface area contributed by atoms with E-state index in [2.05, 4.69) is 16.0 Å². The molecule has 0 aliphatic carbocycles. The van der Waals surface area contributed by atoms with Crippen LogP contribution in [0.1, 0.15) is 52.4 Å². The number of amides is 3. The summed E-state index contributed by atoms with van der Waals surface area (Å²) in [5.41, 5.74) is 10.9. The van der Waals surface area contributed by atoms with Gasteiger partial charge in [0, 0.05) is 6.42 Å². The van der Waals surface area contributed by atoms with Crippen LogP contribution < -0.4 is 27.4 Å². The second-order valence-electron chi connectivity index (χ2n) is 8.16. The lowest BCUT2D eigenvalue weighted by Gasteiger charge is -2.25. The molecule has 0 aromatic carbocycles. The Labute approximate surface area is 192 Å². The second-order valence-corrected chi connectivity index (χ2v) is 8.16. The molecule has 4 unspecified atom stereocenters. The number of nitrogens with one attached hydrogen (secondary N) is 3. The van der Waals surface area contributed by atoms with Crippen molar-refractivity contribution >= 4 is 29.7 Å². The number of rotatable bonds is 17. The van der Waals surface area contributed by atoms with Crippen LogP contribution in [-0.2, 0) is 24.0 Å². The molecule has 0 radical (unpaired) electrons. The predicted molar refractivity (Wildman–Crippen MR) is 118 cm³/mol. The van der Waals surface area contributed by atoms with Crippen LogP contribution in [0.3, 0.4) is 0 Å². The van der Waals surface area contributed by atoms with Crippen LogP contribution >= 0.6 is 0 Å². The highest BCUT2D eigenvalue weighted by Crippen LogP contribution is 2.08. The zero-order valence-corrected chi connectivity index (χ0v) is 19.1. The third-order valence-corrected chi connectivity index (χ3v) is 4.71. The number of carbonyl (C=O) groups is 5. The number of hydrogen-bond donors (Lipinski definition) is 8. The Morgan fingerprint density at radius 3 is 1.79 bits per heavy atom. The van der Waals surface area contributed by atoms with Gasteiger partial charge in [0.15, 0.2) is 0 Å². The summed E-state index contributed by atoms with van der Waals surface area (Å²) < 4.78 is 0. The van der Waals surface area contributed by atoms with Gasteiger partial charge in [0.1, 0.15) is 24.2 Å². The Morgan fingerprint density at radius 1 is 0.818 bits per heavy atom. The van der Waals surface area contributed by atoms with E-state index in [0.717, 1.165) is 0 Å². The second kappa shape index (κ2) is 15.9. The van der Waals surface area contributed by atoms with E-state index in [-0.39, 0.29) is 25.2 Å². The maximum atomic E-state index is 12.8. The van der Waals surface area contributed by atoms with Gasteiger partial charge in [-0.25, -0.2) is 4.79 Å². The van der Waals surface area contributed by atoms with Gasteiger partial charge in [0.05, 0.1) is 6.61 Å². The minimum Gasteiger partial charge on any atom is -0.481 e. The monoisotopic (exact) mass is 475 g/mol. The molecular weight excluding hydrogens is 438 g/mol. The van der Waals surface area contributed by atoms with Crippen LogP contribution in [-0.4, -0.2) is 82.3 Å². The molecule has 190 valence electrons. The van der Waals surface area contributed by atoms with E-state index in [1.807, 2.05) is 0 Å². The first-order chi connectivity index (χ1) is 15.4. The average molecular weight is 476 g/mol. The molecule has 13 nitrogen and oxygen atoms in total. The Kier molecular flexibility index (Phi) is 14.6. The van der Waals surface area contributed by atoms with Crippen LogP contribution in [0.4, 0.5) is 0 Å². The highest BCUT2D eigenvalue weighted by Gasteiger charge is 2.30. The van der Waals surface area contributed by atoms with Gasteiger partial charge < -0.3 is 42.7 Å². The topological polar surface area (TPSA) is 234 Å². The van der Waals surface area contributed by atoms with Gasteiger partial charge in [0.2, 0.25) is 17.7 Å². The Morgan fingerprint density at radius 2 is 1.33 bits per heavy atom. The predicted octanol–water partition coefficient (Wildman–Crippen LogP) is -2.12. The minimum atomic E-state index is -1.33. The average Bonchev–Trinajstić information content (AvgIpc) is 2.73. The van der Waals surface area contributed by atoms with E-state index in [4.69, 9.17) is 21.7 Å². The number of carbonyl (C=O) groups excluding carboxylic acids is 3. The molecule has 0 rings (SSSR count). The van der Waals surface area contributed by atoms with Crippen LogP contribution in [0, 0.1) is 5.92 Å². The lowest BCUT2D eigenvalue weighted by atomic mass is 10.0. The fourth-order valence-electron chi connectivity index (χ4n) is 2.90.